The van der Waals surface area contributed by atoms with Crippen molar-refractivity contribution >= 4 is 11.7 Å². The summed E-state index contributed by atoms with van der Waals surface area (Å²) in [6.07, 6.45) is 1.70. The van der Waals surface area contributed by atoms with Gasteiger partial charge in [-0.3, -0.25) is 4.79 Å². The molecule has 7 nitrogen and oxygen atoms in total. The van der Waals surface area contributed by atoms with Crippen LogP contribution >= 0.6 is 0 Å². The zero-order chi connectivity index (χ0) is 16.8. The van der Waals surface area contributed by atoms with Crippen LogP contribution in [0.5, 0.6) is 0 Å². The molecule has 0 aliphatic carbocycles. The lowest BCUT2D eigenvalue weighted by Crippen LogP contribution is -2.37. The van der Waals surface area contributed by atoms with E-state index in [4.69, 9.17) is 10.00 Å². The van der Waals surface area contributed by atoms with Gasteiger partial charge in [0, 0.05) is 24.8 Å². The summed E-state index contributed by atoms with van der Waals surface area (Å²) >= 11 is 0. The van der Waals surface area contributed by atoms with E-state index in [2.05, 4.69) is 20.2 Å². The second-order valence-corrected chi connectivity index (χ2v) is 5.30. The van der Waals surface area contributed by atoms with E-state index in [9.17, 15) is 4.79 Å². The number of aromatic nitrogens is 2. The third-order valence-electron chi connectivity index (χ3n) is 3.71. The van der Waals surface area contributed by atoms with Crippen molar-refractivity contribution in [3.8, 4) is 6.07 Å². The number of ether oxygens (including phenoxy) is 1. The van der Waals surface area contributed by atoms with Crippen molar-refractivity contribution in [3.05, 3.63) is 53.5 Å². The normalized spacial score (nSPS) is 14.0. The Kier molecular flexibility index (Phi) is 4.99. The molecule has 1 aromatic carbocycles. The average molecular weight is 323 g/mol. The third-order valence-corrected chi connectivity index (χ3v) is 3.71. The van der Waals surface area contributed by atoms with E-state index in [1.807, 2.05) is 12.1 Å². The van der Waals surface area contributed by atoms with Crippen molar-refractivity contribution in [2.45, 2.75) is 6.54 Å². The van der Waals surface area contributed by atoms with Crippen LogP contribution in [0.15, 0.2) is 36.5 Å². The Morgan fingerprint density at radius 2 is 2.00 bits per heavy atom. The van der Waals surface area contributed by atoms with Crippen LogP contribution in [0.3, 0.4) is 0 Å². The Morgan fingerprint density at radius 1 is 1.25 bits per heavy atom. The molecular formula is C17H17N5O2. The van der Waals surface area contributed by atoms with Crippen LogP contribution in [0, 0.1) is 11.3 Å². The highest BCUT2D eigenvalue weighted by molar-refractivity contribution is 5.94. The predicted molar refractivity (Wildman–Crippen MR) is 87.4 cm³/mol. The molecule has 1 N–H and O–H groups in total. The number of nitrogens with one attached hydrogen (secondary N) is 1. The molecule has 2 aromatic rings. The molecule has 0 bridgehead atoms. The number of carbonyl (C=O) groups excluding carboxylic acids is 1. The fraction of sp³-hybridized carbons (Fsp3) is 0.294. The largest absolute Gasteiger partial charge is 0.378 e. The molecule has 3 rings (SSSR count). The van der Waals surface area contributed by atoms with Crippen molar-refractivity contribution in [2.75, 3.05) is 31.2 Å². The number of hydrogen-bond acceptors (Lipinski definition) is 6. The van der Waals surface area contributed by atoms with Crippen molar-refractivity contribution in [3.63, 3.8) is 0 Å². The number of morpholine rings is 1. The molecule has 1 aliphatic rings. The molecule has 1 fully saturated rings. The first-order chi connectivity index (χ1) is 11.8. The molecule has 122 valence electrons. The smallest absolute Gasteiger partial charge is 0.251 e. The molecule has 2 heterocycles. The van der Waals surface area contributed by atoms with Gasteiger partial charge in [-0.25, -0.2) is 9.97 Å². The highest BCUT2D eigenvalue weighted by Crippen LogP contribution is 2.12. The van der Waals surface area contributed by atoms with Gasteiger partial charge >= 0.3 is 0 Å². The van der Waals surface area contributed by atoms with Gasteiger partial charge in [0.25, 0.3) is 5.91 Å². The fourth-order valence-corrected chi connectivity index (χ4v) is 2.40. The summed E-state index contributed by atoms with van der Waals surface area (Å²) in [5.74, 6) is 1.18. The van der Waals surface area contributed by atoms with Gasteiger partial charge in [0.15, 0.2) is 0 Å². The van der Waals surface area contributed by atoms with Gasteiger partial charge in [-0.05, 0) is 30.3 Å². The minimum absolute atomic E-state index is 0.222. The first-order valence-corrected chi connectivity index (χ1v) is 7.69. The van der Waals surface area contributed by atoms with Crippen molar-refractivity contribution in [2.24, 2.45) is 0 Å². The molecule has 0 spiro atoms. The third kappa shape index (κ3) is 3.86. The van der Waals surface area contributed by atoms with Gasteiger partial charge in [-0.15, -0.1) is 0 Å². The van der Waals surface area contributed by atoms with E-state index in [0.717, 1.165) is 18.9 Å². The summed E-state index contributed by atoms with van der Waals surface area (Å²) in [6.45, 7) is 3.22. The Hall–Kier alpha value is -2.98. The maximum Gasteiger partial charge on any atom is 0.251 e. The molecule has 1 aliphatic heterocycles. The predicted octanol–water partition coefficient (Wildman–Crippen LogP) is 1.11. The monoisotopic (exact) mass is 323 g/mol. The van der Waals surface area contributed by atoms with E-state index in [1.165, 1.54) is 0 Å². The summed E-state index contributed by atoms with van der Waals surface area (Å²) in [7, 11) is 0. The molecule has 7 heteroatoms. The van der Waals surface area contributed by atoms with Gasteiger partial charge in [0.2, 0.25) is 0 Å². The number of anilines is 1. The quantitative estimate of drug-likeness (QED) is 0.906. The molecule has 0 radical (unpaired) electrons. The minimum atomic E-state index is -0.222. The van der Waals surface area contributed by atoms with Crippen molar-refractivity contribution in [1.82, 2.24) is 15.3 Å². The Labute approximate surface area is 139 Å². The topological polar surface area (TPSA) is 91.1 Å². The van der Waals surface area contributed by atoms with Crippen LogP contribution in [0.2, 0.25) is 0 Å². The van der Waals surface area contributed by atoms with Crippen LogP contribution in [-0.4, -0.2) is 42.2 Å². The van der Waals surface area contributed by atoms with E-state index >= 15 is 0 Å². The summed E-state index contributed by atoms with van der Waals surface area (Å²) < 4.78 is 5.33. The maximum atomic E-state index is 12.1. The number of carbonyl (C=O) groups is 1. The first-order valence-electron chi connectivity index (χ1n) is 7.69. The Morgan fingerprint density at radius 3 is 2.71 bits per heavy atom. The standard InChI is InChI=1S/C17H17N5O2/c18-11-13-1-3-14(4-2-13)17(23)20-12-15-19-6-5-16(21-15)22-7-9-24-10-8-22/h1-6H,7-10,12H2,(H,20,23). The van der Waals surface area contributed by atoms with E-state index in [0.29, 0.717) is 30.2 Å². The second-order valence-electron chi connectivity index (χ2n) is 5.30. The fourth-order valence-electron chi connectivity index (χ4n) is 2.40. The Balaban J connectivity index is 1.61. The van der Waals surface area contributed by atoms with Crippen LogP contribution in [0.1, 0.15) is 21.7 Å². The van der Waals surface area contributed by atoms with Gasteiger partial charge in [0.05, 0.1) is 31.4 Å². The highest BCUT2D eigenvalue weighted by Gasteiger charge is 2.13. The molecule has 0 unspecified atom stereocenters. The maximum absolute atomic E-state index is 12.1. The van der Waals surface area contributed by atoms with Crippen LogP contribution in [-0.2, 0) is 11.3 Å². The summed E-state index contributed by atoms with van der Waals surface area (Å²) in [5.41, 5.74) is 1.02. The first kappa shape index (κ1) is 15.9. The van der Waals surface area contributed by atoms with Gasteiger partial charge in [-0.1, -0.05) is 0 Å². The highest BCUT2D eigenvalue weighted by atomic mass is 16.5. The zero-order valence-electron chi connectivity index (χ0n) is 13.1. The van der Waals surface area contributed by atoms with Gasteiger partial charge < -0.3 is 15.0 Å². The number of amides is 1. The minimum Gasteiger partial charge on any atom is -0.378 e. The van der Waals surface area contributed by atoms with Crippen LogP contribution < -0.4 is 10.2 Å². The summed E-state index contributed by atoms with van der Waals surface area (Å²) in [5, 5.41) is 11.6. The van der Waals surface area contributed by atoms with Gasteiger partial charge in [-0.2, -0.15) is 5.26 Å². The number of rotatable bonds is 4. The van der Waals surface area contributed by atoms with Crippen molar-refractivity contribution < 1.29 is 9.53 Å². The molecule has 1 aromatic heterocycles. The lowest BCUT2D eigenvalue weighted by Gasteiger charge is -2.27. The number of hydrogen-bond donors (Lipinski definition) is 1. The number of nitriles is 1. The lowest BCUT2D eigenvalue weighted by atomic mass is 10.1. The summed E-state index contributed by atoms with van der Waals surface area (Å²) in [4.78, 5) is 23.0. The van der Waals surface area contributed by atoms with Crippen LogP contribution in [0.25, 0.3) is 0 Å². The molecule has 0 atom stereocenters. The molecule has 1 saturated heterocycles. The molecule has 0 saturated carbocycles. The number of benzene rings is 1. The van der Waals surface area contributed by atoms with Crippen molar-refractivity contribution in [1.29, 1.82) is 5.26 Å². The van der Waals surface area contributed by atoms with E-state index in [1.54, 1.807) is 30.5 Å². The van der Waals surface area contributed by atoms with E-state index in [-0.39, 0.29) is 12.5 Å². The Bertz CT molecular complexity index is 748. The lowest BCUT2D eigenvalue weighted by molar-refractivity contribution is 0.0950. The number of nitrogens with zero attached hydrogens (tertiary/aromatic N) is 4. The second kappa shape index (κ2) is 7.53. The summed E-state index contributed by atoms with van der Waals surface area (Å²) in [6, 6.07) is 10.4. The average Bonchev–Trinajstić information content (AvgIpc) is 2.67. The SMILES string of the molecule is N#Cc1ccc(C(=O)NCc2nccc(N3CCOCC3)n2)cc1. The zero-order valence-corrected chi connectivity index (χ0v) is 13.1. The van der Waals surface area contributed by atoms with Gasteiger partial charge in [0.1, 0.15) is 11.6 Å². The molecular weight excluding hydrogens is 306 g/mol. The van der Waals surface area contributed by atoms with Crippen LogP contribution in [0.4, 0.5) is 5.82 Å². The van der Waals surface area contributed by atoms with E-state index < -0.39 is 0 Å². The molecule has 24 heavy (non-hydrogen) atoms. The molecule has 1 amide bonds.